The van der Waals surface area contributed by atoms with E-state index in [9.17, 15) is 4.79 Å². The molecule has 0 aliphatic carbocycles. The number of hydrogen-bond acceptors (Lipinski definition) is 3. The molecule has 2 aromatic heterocycles. The van der Waals surface area contributed by atoms with Crippen molar-refractivity contribution in [2.75, 3.05) is 5.32 Å². The summed E-state index contributed by atoms with van der Waals surface area (Å²) in [6, 6.07) is 7.80. The smallest absolute Gasteiger partial charge is 0.246 e. The average Bonchev–Trinajstić information content (AvgIpc) is 3.03. The molecule has 0 fully saturated rings. The quantitative estimate of drug-likeness (QED) is 0.594. The molecule has 0 aliphatic heterocycles. The third kappa shape index (κ3) is 4.07. The molecule has 0 unspecified atom stereocenters. The number of rotatable bonds is 5. The minimum Gasteiger partial charge on any atom is -0.324 e. The molecule has 0 radical (unpaired) electrons. The van der Waals surface area contributed by atoms with Crippen LogP contribution in [0, 0.1) is 20.8 Å². The zero-order chi connectivity index (χ0) is 18.8. The van der Waals surface area contributed by atoms with Crippen molar-refractivity contribution in [2.45, 2.75) is 33.9 Å². The van der Waals surface area contributed by atoms with Crippen LogP contribution in [-0.4, -0.2) is 25.5 Å². The van der Waals surface area contributed by atoms with E-state index in [1.165, 1.54) is 0 Å². The van der Waals surface area contributed by atoms with Crippen molar-refractivity contribution in [2.24, 2.45) is 0 Å². The summed E-state index contributed by atoms with van der Waals surface area (Å²) in [5, 5.41) is 11.6. The summed E-state index contributed by atoms with van der Waals surface area (Å²) >= 11 is 6.95. The number of amides is 1. The van der Waals surface area contributed by atoms with Crippen molar-refractivity contribution < 1.29 is 4.79 Å². The lowest BCUT2D eigenvalue weighted by Crippen LogP contribution is -2.20. The first kappa shape index (κ1) is 18.8. The van der Waals surface area contributed by atoms with Gasteiger partial charge in [-0.1, -0.05) is 12.1 Å². The van der Waals surface area contributed by atoms with Gasteiger partial charge in [-0.3, -0.25) is 14.2 Å². The predicted octanol–water partition coefficient (Wildman–Crippen LogP) is 4.22. The number of aromatic nitrogens is 4. The predicted molar refractivity (Wildman–Crippen MR) is 108 cm³/mol. The number of benzene rings is 1. The van der Waals surface area contributed by atoms with Crippen LogP contribution in [0.25, 0.3) is 0 Å². The minimum absolute atomic E-state index is 0.116. The molecule has 0 atom stereocenters. The molecule has 6 nitrogen and oxygen atoms in total. The molecule has 26 heavy (non-hydrogen) atoms. The van der Waals surface area contributed by atoms with E-state index < -0.39 is 0 Å². The molecule has 0 aliphatic rings. The SMILES string of the molecule is Cc1nn(Cc2cccc(NC(=O)Cn3ncc(Br)c3C)c2)c(C)c1Br. The molecule has 0 saturated heterocycles. The van der Waals surface area contributed by atoms with E-state index in [4.69, 9.17) is 0 Å². The molecule has 2 heterocycles. The Bertz CT molecular complexity index is 961. The fraction of sp³-hybridized carbons (Fsp3) is 0.278. The van der Waals surface area contributed by atoms with Gasteiger partial charge in [0.05, 0.1) is 38.8 Å². The first-order valence-electron chi connectivity index (χ1n) is 8.11. The van der Waals surface area contributed by atoms with E-state index in [-0.39, 0.29) is 12.5 Å². The standard InChI is InChI=1S/C18H19Br2N5O/c1-11-18(20)13(3)25(23-11)9-14-5-4-6-15(7-14)22-17(26)10-24-12(2)16(19)8-21-24/h4-8H,9-10H2,1-3H3,(H,22,26). The lowest BCUT2D eigenvalue weighted by molar-refractivity contribution is -0.116. The highest BCUT2D eigenvalue weighted by atomic mass is 79.9. The van der Waals surface area contributed by atoms with Crippen molar-refractivity contribution in [3.8, 4) is 0 Å². The van der Waals surface area contributed by atoms with E-state index in [0.29, 0.717) is 6.54 Å². The zero-order valence-electron chi connectivity index (χ0n) is 14.8. The summed E-state index contributed by atoms with van der Waals surface area (Å²) < 4.78 is 5.54. The number of hydrogen-bond donors (Lipinski definition) is 1. The van der Waals surface area contributed by atoms with Gasteiger partial charge in [-0.15, -0.1) is 0 Å². The van der Waals surface area contributed by atoms with Crippen molar-refractivity contribution in [1.82, 2.24) is 19.6 Å². The van der Waals surface area contributed by atoms with Gasteiger partial charge in [-0.05, 0) is 70.3 Å². The largest absolute Gasteiger partial charge is 0.324 e. The van der Waals surface area contributed by atoms with Crippen molar-refractivity contribution in [3.05, 3.63) is 62.1 Å². The number of nitrogens with zero attached hydrogens (tertiary/aromatic N) is 4. The maximum atomic E-state index is 12.3. The van der Waals surface area contributed by atoms with Crippen LogP contribution in [0.1, 0.15) is 22.6 Å². The number of halogens is 2. The summed E-state index contributed by atoms with van der Waals surface area (Å²) in [6.07, 6.45) is 1.69. The fourth-order valence-electron chi connectivity index (χ4n) is 2.67. The summed E-state index contributed by atoms with van der Waals surface area (Å²) in [5.41, 5.74) is 4.80. The monoisotopic (exact) mass is 479 g/mol. The topological polar surface area (TPSA) is 64.7 Å². The molecule has 0 bridgehead atoms. The Morgan fingerprint density at radius 3 is 2.54 bits per heavy atom. The number of aryl methyl sites for hydroxylation is 1. The molecule has 1 aromatic carbocycles. The Morgan fingerprint density at radius 1 is 1.15 bits per heavy atom. The Kier molecular flexibility index (Phi) is 5.62. The van der Waals surface area contributed by atoms with E-state index in [0.717, 1.165) is 37.3 Å². The first-order valence-corrected chi connectivity index (χ1v) is 9.70. The van der Waals surface area contributed by atoms with E-state index in [1.54, 1.807) is 10.9 Å². The third-order valence-corrected chi connectivity index (χ3v) is 6.10. The Balaban J connectivity index is 1.70. The van der Waals surface area contributed by atoms with Gasteiger partial charge in [-0.2, -0.15) is 10.2 Å². The zero-order valence-corrected chi connectivity index (χ0v) is 17.9. The summed E-state index contributed by atoms with van der Waals surface area (Å²) in [7, 11) is 0. The van der Waals surface area contributed by atoms with E-state index >= 15 is 0 Å². The van der Waals surface area contributed by atoms with Gasteiger partial charge in [0, 0.05) is 5.69 Å². The molecule has 3 rings (SSSR count). The maximum absolute atomic E-state index is 12.3. The highest BCUT2D eigenvalue weighted by molar-refractivity contribution is 9.10. The number of carbonyl (C=O) groups is 1. The van der Waals surface area contributed by atoms with Crippen LogP contribution in [0.2, 0.25) is 0 Å². The second kappa shape index (κ2) is 7.75. The second-order valence-electron chi connectivity index (χ2n) is 6.13. The van der Waals surface area contributed by atoms with Gasteiger partial charge >= 0.3 is 0 Å². The molecule has 0 saturated carbocycles. The van der Waals surface area contributed by atoms with E-state index in [1.807, 2.05) is 49.7 Å². The highest BCUT2D eigenvalue weighted by Gasteiger charge is 2.11. The fourth-order valence-corrected chi connectivity index (χ4v) is 3.25. The number of carbonyl (C=O) groups excluding carboxylic acids is 1. The first-order chi connectivity index (χ1) is 12.3. The summed E-state index contributed by atoms with van der Waals surface area (Å²) in [5.74, 6) is -0.116. The molecule has 1 N–H and O–H groups in total. The van der Waals surface area contributed by atoms with Crippen molar-refractivity contribution in [3.63, 3.8) is 0 Å². The van der Waals surface area contributed by atoms with Gasteiger partial charge in [-0.25, -0.2) is 0 Å². The Labute approximate surface area is 168 Å². The number of nitrogens with one attached hydrogen (secondary N) is 1. The number of anilines is 1. The van der Waals surface area contributed by atoms with Crippen LogP contribution in [0.5, 0.6) is 0 Å². The van der Waals surface area contributed by atoms with Gasteiger partial charge < -0.3 is 5.32 Å². The Morgan fingerprint density at radius 2 is 1.92 bits per heavy atom. The molecule has 8 heteroatoms. The van der Waals surface area contributed by atoms with Gasteiger partial charge in [0.15, 0.2) is 0 Å². The van der Waals surface area contributed by atoms with Crippen molar-refractivity contribution >= 4 is 43.5 Å². The minimum atomic E-state index is -0.116. The van der Waals surface area contributed by atoms with Crippen LogP contribution in [-0.2, 0) is 17.9 Å². The van der Waals surface area contributed by atoms with Crippen LogP contribution in [0.4, 0.5) is 5.69 Å². The average molecular weight is 481 g/mol. The van der Waals surface area contributed by atoms with Crippen LogP contribution in [0.15, 0.2) is 39.4 Å². The van der Waals surface area contributed by atoms with Crippen LogP contribution < -0.4 is 5.32 Å². The summed E-state index contributed by atoms with van der Waals surface area (Å²) in [4.78, 5) is 12.3. The Hall–Kier alpha value is -1.93. The summed E-state index contributed by atoms with van der Waals surface area (Å²) in [6.45, 7) is 6.73. The lowest BCUT2D eigenvalue weighted by Gasteiger charge is -2.10. The molecule has 3 aromatic rings. The van der Waals surface area contributed by atoms with Gasteiger partial charge in [0.2, 0.25) is 5.91 Å². The van der Waals surface area contributed by atoms with Crippen molar-refractivity contribution in [1.29, 1.82) is 0 Å². The second-order valence-corrected chi connectivity index (χ2v) is 7.77. The van der Waals surface area contributed by atoms with Crippen LogP contribution in [0.3, 0.4) is 0 Å². The maximum Gasteiger partial charge on any atom is 0.246 e. The molecule has 136 valence electrons. The third-order valence-electron chi connectivity index (χ3n) is 4.17. The molecule has 0 spiro atoms. The molecule has 1 amide bonds. The lowest BCUT2D eigenvalue weighted by atomic mass is 10.2. The normalized spacial score (nSPS) is 11.0. The molecular weight excluding hydrogens is 462 g/mol. The van der Waals surface area contributed by atoms with Crippen LogP contribution >= 0.6 is 31.9 Å². The molecular formula is C18H19Br2N5O. The highest BCUT2D eigenvalue weighted by Crippen LogP contribution is 2.21. The van der Waals surface area contributed by atoms with Gasteiger partial charge in [0.1, 0.15) is 6.54 Å². The van der Waals surface area contributed by atoms with Gasteiger partial charge in [0.25, 0.3) is 0 Å². The van der Waals surface area contributed by atoms with E-state index in [2.05, 4.69) is 47.4 Å².